The van der Waals surface area contributed by atoms with Crippen molar-refractivity contribution in [1.82, 2.24) is 0 Å². The van der Waals surface area contributed by atoms with Gasteiger partial charge in [-0.2, -0.15) is 13.2 Å². The van der Waals surface area contributed by atoms with Crippen molar-refractivity contribution in [2.24, 2.45) is 0 Å². The van der Waals surface area contributed by atoms with Crippen molar-refractivity contribution in [2.75, 3.05) is 12.3 Å². The Hall–Kier alpha value is -1.39. The Bertz CT molecular complexity index is 350. The van der Waals surface area contributed by atoms with Crippen molar-refractivity contribution in [3.8, 4) is 5.75 Å². The van der Waals surface area contributed by atoms with E-state index in [2.05, 4.69) is 0 Å². The van der Waals surface area contributed by atoms with Gasteiger partial charge in [-0.15, -0.1) is 0 Å². The Morgan fingerprint density at radius 3 is 2.56 bits per heavy atom. The van der Waals surface area contributed by atoms with Gasteiger partial charge in [0.15, 0.2) is 0 Å². The SMILES string of the molecule is Cc1ccc(OCCCC(F)(F)F)c(N)c1. The molecule has 0 saturated heterocycles. The van der Waals surface area contributed by atoms with Gasteiger partial charge in [0.25, 0.3) is 0 Å². The number of aryl methyl sites for hydroxylation is 1. The molecule has 2 nitrogen and oxygen atoms in total. The average Bonchev–Trinajstić information content (AvgIpc) is 2.13. The number of hydrogen-bond donors (Lipinski definition) is 1. The van der Waals surface area contributed by atoms with E-state index in [-0.39, 0.29) is 13.0 Å². The van der Waals surface area contributed by atoms with E-state index < -0.39 is 12.6 Å². The molecule has 0 aliphatic heterocycles. The standard InChI is InChI=1S/C11H14F3NO/c1-8-3-4-10(9(15)7-8)16-6-2-5-11(12,13)14/h3-4,7H,2,5-6,15H2,1H3. The topological polar surface area (TPSA) is 35.2 Å². The summed E-state index contributed by atoms with van der Waals surface area (Å²) in [5.74, 6) is 0.438. The third-order valence-electron chi connectivity index (χ3n) is 2.03. The molecule has 5 heteroatoms. The number of halogens is 3. The minimum absolute atomic E-state index is 0.0206. The van der Waals surface area contributed by atoms with E-state index in [1.807, 2.05) is 6.92 Å². The first kappa shape index (κ1) is 12.7. The second kappa shape index (κ2) is 5.09. The van der Waals surface area contributed by atoms with Crippen molar-refractivity contribution in [1.29, 1.82) is 0 Å². The molecule has 0 unspecified atom stereocenters. The average molecular weight is 233 g/mol. The van der Waals surface area contributed by atoms with E-state index in [0.29, 0.717) is 11.4 Å². The van der Waals surface area contributed by atoms with Crippen LogP contribution in [-0.4, -0.2) is 12.8 Å². The summed E-state index contributed by atoms with van der Waals surface area (Å²) >= 11 is 0. The minimum atomic E-state index is -4.12. The first-order valence-corrected chi connectivity index (χ1v) is 4.94. The molecule has 0 amide bonds. The van der Waals surface area contributed by atoms with E-state index in [1.54, 1.807) is 18.2 Å². The van der Waals surface area contributed by atoms with Crippen molar-refractivity contribution in [3.63, 3.8) is 0 Å². The van der Waals surface area contributed by atoms with Crippen molar-refractivity contribution < 1.29 is 17.9 Å². The smallest absolute Gasteiger partial charge is 0.389 e. The number of alkyl halides is 3. The minimum Gasteiger partial charge on any atom is -0.491 e. The Balaban J connectivity index is 2.38. The number of nitrogens with two attached hydrogens (primary N) is 1. The molecule has 0 bridgehead atoms. The van der Waals surface area contributed by atoms with Crippen LogP contribution in [0.5, 0.6) is 5.75 Å². The van der Waals surface area contributed by atoms with Crippen LogP contribution < -0.4 is 10.5 Å². The summed E-state index contributed by atoms with van der Waals surface area (Å²) in [5.41, 5.74) is 7.08. The van der Waals surface area contributed by atoms with Crippen molar-refractivity contribution in [3.05, 3.63) is 23.8 Å². The molecule has 2 N–H and O–H groups in total. The van der Waals surface area contributed by atoms with Gasteiger partial charge in [0, 0.05) is 6.42 Å². The highest BCUT2D eigenvalue weighted by molar-refractivity contribution is 5.53. The Morgan fingerprint density at radius 1 is 1.31 bits per heavy atom. The fourth-order valence-corrected chi connectivity index (χ4v) is 1.25. The van der Waals surface area contributed by atoms with Crippen LogP contribution in [0.25, 0.3) is 0 Å². The first-order valence-electron chi connectivity index (χ1n) is 4.94. The second-order valence-corrected chi connectivity index (χ2v) is 3.61. The molecule has 0 heterocycles. The molecule has 1 rings (SSSR count). The second-order valence-electron chi connectivity index (χ2n) is 3.61. The highest BCUT2D eigenvalue weighted by Crippen LogP contribution is 2.24. The molecule has 0 fully saturated rings. The van der Waals surface area contributed by atoms with Gasteiger partial charge in [-0.1, -0.05) is 6.07 Å². The molecular formula is C11H14F3NO. The van der Waals surface area contributed by atoms with E-state index >= 15 is 0 Å². The van der Waals surface area contributed by atoms with Crippen LogP contribution in [-0.2, 0) is 0 Å². The number of anilines is 1. The van der Waals surface area contributed by atoms with Gasteiger partial charge >= 0.3 is 6.18 Å². The van der Waals surface area contributed by atoms with Gasteiger partial charge in [-0.3, -0.25) is 0 Å². The summed E-state index contributed by atoms with van der Waals surface area (Å²) < 4.78 is 40.7. The zero-order valence-electron chi connectivity index (χ0n) is 8.97. The van der Waals surface area contributed by atoms with Gasteiger partial charge in [-0.05, 0) is 31.0 Å². The largest absolute Gasteiger partial charge is 0.491 e. The molecule has 0 radical (unpaired) electrons. The van der Waals surface area contributed by atoms with E-state index in [0.717, 1.165) is 5.56 Å². The summed E-state index contributed by atoms with van der Waals surface area (Å²) in [6.07, 6.45) is -5.02. The zero-order valence-corrected chi connectivity index (χ0v) is 8.97. The highest BCUT2D eigenvalue weighted by atomic mass is 19.4. The fraction of sp³-hybridized carbons (Fsp3) is 0.455. The van der Waals surface area contributed by atoms with Crippen molar-refractivity contribution >= 4 is 5.69 Å². The van der Waals surface area contributed by atoms with E-state index in [4.69, 9.17) is 10.5 Å². The normalized spacial score (nSPS) is 11.5. The van der Waals surface area contributed by atoms with Crippen LogP contribution in [0.1, 0.15) is 18.4 Å². The Labute approximate surface area is 92.2 Å². The van der Waals surface area contributed by atoms with Gasteiger partial charge in [0.05, 0.1) is 12.3 Å². The van der Waals surface area contributed by atoms with Crippen LogP contribution in [0, 0.1) is 6.92 Å². The lowest BCUT2D eigenvalue weighted by atomic mass is 10.2. The number of ether oxygens (including phenoxy) is 1. The lowest BCUT2D eigenvalue weighted by Crippen LogP contribution is -2.10. The van der Waals surface area contributed by atoms with Crippen LogP contribution in [0.4, 0.5) is 18.9 Å². The predicted molar refractivity (Wildman–Crippen MR) is 56.4 cm³/mol. The maximum Gasteiger partial charge on any atom is 0.389 e. The monoisotopic (exact) mass is 233 g/mol. The number of hydrogen-bond acceptors (Lipinski definition) is 2. The summed E-state index contributed by atoms with van der Waals surface area (Å²) in [7, 11) is 0. The fourth-order valence-electron chi connectivity index (χ4n) is 1.25. The van der Waals surface area contributed by atoms with Crippen molar-refractivity contribution in [2.45, 2.75) is 25.9 Å². The lowest BCUT2D eigenvalue weighted by molar-refractivity contribution is -0.136. The van der Waals surface area contributed by atoms with Crippen LogP contribution in [0.3, 0.4) is 0 Å². The molecule has 1 aromatic carbocycles. The highest BCUT2D eigenvalue weighted by Gasteiger charge is 2.26. The summed E-state index contributed by atoms with van der Waals surface area (Å²) in [6, 6.07) is 5.19. The van der Waals surface area contributed by atoms with E-state index in [9.17, 15) is 13.2 Å². The zero-order chi connectivity index (χ0) is 12.2. The third kappa shape index (κ3) is 4.42. The van der Waals surface area contributed by atoms with Crippen LogP contribution in [0.15, 0.2) is 18.2 Å². The molecule has 0 atom stereocenters. The molecule has 90 valence electrons. The Kier molecular flexibility index (Phi) is 4.04. The molecule has 0 aliphatic carbocycles. The molecule has 0 spiro atoms. The molecule has 0 aromatic heterocycles. The maximum absolute atomic E-state index is 11.8. The van der Waals surface area contributed by atoms with Crippen LogP contribution in [0.2, 0.25) is 0 Å². The maximum atomic E-state index is 11.8. The lowest BCUT2D eigenvalue weighted by Gasteiger charge is -2.10. The van der Waals surface area contributed by atoms with Gasteiger partial charge in [0.1, 0.15) is 5.75 Å². The van der Waals surface area contributed by atoms with Gasteiger partial charge < -0.3 is 10.5 Å². The number of benzene rings is 1. The summed E-state index contributed by atoms with van der Waals surface area (Å²) in [6.45, 7) is 1.90. The molecular weight excluding hydrogens is 219 g/mol. The molecule has 1 aromatic rings. The Morgan fingerprint density at radius 2 is 2.00 bits per heavy atom. The van der Waals surface area contributed by atoms with Gasteiger partial charge in [0.2, 0.25) is 0 Å². The third-order valence-corrected chi connectivity index (χ3v) is 2.03. The number of nitrogen functional groups attached to an aromatic ring is 1. The number of rotatable bonds is 4. The van der Waals surface area contributed by atoms with Crippen LogP contribution >= 0.6 is 0 Å². The summed E-state index contributed by atoms with van der Waals surface area (Å²) in [5, 5.41) is 0. The quantitative estimate of drug-likeness (QED) is 0.639. The van der Waals surface area contributed by atoms with E-state index in [1.165, 1.54) is 0 Å². The molecule has 16 heavy (non-hydrogen) atoms. The summed E-state index contributed by atoms with van der Waals surface area (Å²) in [4.78, 5) is 0. The van der Waals surface area contributed by atoms with Gasteiger partial charge in [-0.25, -0.2) is 0 Å². The molecule has 0 aliphatic rings. The molecule has 0 saturated carbocycles. The predicted octanol–water partition coefficient (Wildman–Crippen LogP) is 3.30. The first-order chi connectivity index (χ1) is 7.38.